The van der Waals surface area contributed by atoms with E-state index >= 15 is 0 Å². The van der Waals surface area contributed by atoms with Crippen LogP contribution in [0.4, 0.5) is 0 Å². The summed E-state index contributed by atoms with van der Waals surface area (Å²) >= 11 is 0. The second-order valence-corrected chi connectivity index (χ2v) is 37.2. The Morgan fingerprint density at radius 2 is 0.307 bits per heavy atom. The molecule has 0 aliphatic carbocycles. The molecule has 4 aromatic carbocycles. The monoisotopic (exact) mass is 1960 g/mol. The summed E-state index contributed by atoms with van der Waals surface area (Å²) in [6.07, 6.45) is 54.0. The third-order valence-corrected chi connectivity index (χ3v) is 23.5. The largest absolute Gasteiger partial charge is 0.493 e. The number of unbranched alkanes of at least 4 members (excludes halogenated alkanes) is 26. The summed E-state index contributed by atoms with van der Waals surface area (Å²) in [5, 5.41) is 23.8. The number of hydrogen-bond donors (Lipinski definition) is 8. The molecule has 4 aromatic rings. The molecule has 0 atom stereocenters. The van der Waals surface area contributed by atoms with Gasteiger partial charge >= 0.3 is 0 Å². The van der Waals surface area contributed by atoms with E-state index in [2.05, 4.69) is 162 Å². The zero-order valence-electron chi connectivity index (χ0n) is 90.4. The van der Waals surface area contributed by atoms with Gasteiger partial charge in [0, 0.05) is 115 Å². The van der Waals surface area contributed by atoms with E-state index in [1.54, 1.807) is 0 Å². The Morgan fingerprint density at radius 1 is 0.157 bits per heavy atom. The molecule has 0 heterocycles. The number of aryl methyl sites for hydroxylation is 4. The molecule has 0 aliphatic rings. The van der Waals surface area contributed by atoms with Gasteiger partial charge in [-0.05, 0) is 251 Å². The standard InChI is InChI=1S/C32H56N2O4.C30H52N2O4.C28H48N2O4.C26H44N2O4/c1-4-7-14-21-33-31(35)19-12-10-16-23-37-29-25-28(18-9-6-3)26-30(27-29)38-24-17-11-13-20-32(36)34-22-15-8-5-2;1-4-7-12-19-31-29(33)17-10-14-21-35-27-23-26(16-9-6-3)24-28(25-27)36-22-15-11-18-30(34)32-20-13-8-5-2;1-4-7-10-17-29-27(31)15-12-19-33-25-21-24(14-9-6-3)22-26(23-25)34-20-13-16-28(32)30-18-11-8-5-2;1-4-7-10-15-27-25(29)13-17-31-23-19-22(12-9-6-3)20-24(21-23)32-18-14-26(30)28-16-11-8-5-2/h25-27H,4-24H2,1-3H3,(H,33,35)(H,34,36);23-25H,4-22H2,1-3H3,(H,31,33)(H,32,34);21-23H,4-20H2,1-3H3,(H,29,31)(H,30,32);19-21H,4-18H2,1-3H3,(H,27,29)(H,28,30). The lowest BCUT2D eigenvalue weighted by atomic mass is 10.1. The van der Waals surface area contributed by atoms with Crippen LogP contribution in [0.1, 0.15) is 439 Å². The minimum atomic E-state index is 0.0182. The van der Waals surface area contributed by atoms with Gasteiger partial charge in [0.05, 0.1) is 65.7 Å². The van der Waals surface area contributed by atoms with Gasteiger partial charge < -0.3 is 80.4 Å². The van der Waals surface area contributed by atoms with Crippen LogP contribution in [-0.4, -0.2) is 152 Å². The summed E-state index contributed by atoms with van der Waals surface area (Å²) in [7, 11) is 0. The maximum absolute atomic E-state index is 11.9. The molecule has 24 heteroatoms. The lowest BCUT2D eigenvalue weighted by Crippen LogP contribution is -2.26. The van der Waals surface area contributed by atoms with Crippen molar-refractivity contribution in [3.63, 3.8) is 0 Å². The van der Waals surface area contributed by atoms with Crippen LogP contribution in [-0.2, 0) is 64.0 Å². The number of amides is 8. The number of carbonyl (C=O) groups excluding carboxylic acids is 8. The number of ether oxygens (including phenoxy) is 8. The van der Waals surface area contributed by atoms with Crippen molar-refractivity contribution >= 4 is 47.3 Å². The fourth-order valence-electron chi connectivity index (χ4n) is 14.9. The van der Waals surface area contributed by atoms with Gasteiger partial charge in [-0.15, -0.1) is 0 Å². The summed E-state index contributed by atoms with van der Waals surface area (Å²) in [5.41, 5.74) is 4.81. The van der Waals surface area contributed by atoms with Crippen LogP contribution >= 0.6 is 0 Å². The van der Waals surface area contributed by atoms with Gasteiger partial charge in [0.25, 0.3) is 0 Å². The first-order valence-electron chi connectivity index (χ1n) is 56.1. The lowest BCUT2D eigenvalue weighted by molar-refractivity contribution is -0.122. The van der Waals surface area contributed by atoms with Crippen molar-refractivity contribution in [3.05, 3.63) is 95.1 Å². The molecular formula is C116H200N8O16. The minimum Gasteiger partial charge on any atom is -0.493 e. The zero-order valence-corrected chi connectivity index (χ0v) is 90.4. The molecular weight excluding hydrogens is 1760 g/mol. The Kier molecular flexibility index (Phi) is 87.5. The first kappa shape index (κ1) is 129. The van der Waals surface area contributed by atoms with E-state index in [4.69, 9.17) is 37.9 Å². The quantitative estimate of drug-likeness (QED) is 0.0191. The molecule has 0 aromatic heterocycles. The van der Waals surface area contributed by atoms with Gasteiger partial charge in [-0.2, -0.15) is 0 Å². The predicted molar refractivity (Wildman–Crippen MR) is 577 cm³/mol. The average Bonchev–Trinajstić information content (AvgIpc) is 0.879. The van der Waals surface area contributed by atoms with Crippen LogP contribution in [0.5, 0.6) is 46.0 Å². The molecule has 0 saturated carbocycles. The average molecular weight is 1960 g/mol. The van der Waals surface area contributed by atoms with E-state index in [1.165, 1.54) is 42.4 Å². The van der Waals surface area contributed by atoms with Crippen LogP contribution in [0.3, 0.4) is 0 Å². The second-order valence-electron chi connectivity index (χ2n) is 37.2. The third kappa shape index (κ3) is 79.6. The van der Waals surface area contributed by atoms with E-state index in [1.807, 2.05) is 36.4 Å². The van der Waals surface area contributed by atoms with E-state index in [0.717, 1.165) is 362 Å². The van der Waals surface area contributed by atoms with E-state index < -0.39 is 0 Å². The summed E-state index contributed by atoms with van der Waals surface area (Å²) in [5.74, 6) is 7.17. The SMILES string of the molecule is CCCCCNC(=O)CCCCCOc1cc(CCCC)cc(OCCCCCC(=O)NCCCCC)c1.CCCCCNC(=O)CCCCOc1cc(CCCC)cc(OCCCCC(=O)NCCCCC)c1.CCCCCNC(=O)CCCOc1cc(CCCC)cc(OCCCC(=O)NCCCCC)c1.CCCCCNC(=O)CCOc1cc(CCCC)cc(OCCC(=O)NCCCCC)c1. The number of nitrogens with one attached hydrogen (secondary N) is 8. The van der Waals surface area contributed by atoms with Crippen LogP contribution < -0.4 is 80.4 Å². The van der Waals surface area contributed by atoms with E-state index in [0.29, 0.717) is 129 Å². The number of rotatable bonds is 88. The highest BCUT2D eigenvalue weighted by molar-refractivity contribution is 5.78. The molecule has 0 radical (unpaired) electrons. The maximum atomic E-state index is 11.9. The maximum Gasteiger partial charge on any atom is 0.223 e. The molecule has 24 nitrogen and oxygen atoms in total. The molecule has 140 heavy (non-hydrogen) atoms. The first-order valence-corrected chi connectivity index (χ1v) is 56.1. The van der Waals surface area contributed by atoms with Gasteiger partial charge in [0.15, 0.2) is 0 Å². The Hall–Kier alpha value is -8.96. The van der Waals surface area contributed by atoms with Crippen LogP contribution in [0.2, 0.25) is 0 Å². The second kappa shape index (κ2) is 94.9. The van der Waals surface area contributed by atoms with Crippen molar-refractivity contribution < 1.29 is 76.3 Å². The Labute approximate surface area is 850 Å². The predicted octanol–water partition coefficient (Wildman–Crippen LogP) is 25.4. The van der Waals surface area contributed by atoms with Crippen molar-refractivity contribution in [3.8, 4) is 46.0 Å². The highest BCUT2D eigenvalue weighted by atomic mass is 16.5. The lowest BCUT2D eigenvalue weighted by Gasteiger charge is -2.13. The fourth-order valence-corrected chi connectivity index (χ4v) is 14.9. The molecule has 0 bridgehead atoms. The Balaban J connectivity index is 0.000000935. The highest BCUT2D eigenvalue weighted by Gasteiger charge is 2.15. The first-order chi connectivity index (χ1) is 68.3. The number of benzene rings is 4. The van der Waals surface area contributed by atoms with Crippen molar-refractivity contribution in [1.29, 1.82) is 0 Å². The summed E-state index contributed by atoms with van der Waals surface area (Å²) in [4.78, 5) is 95.2. The molecule has 8 amide bonds. The third-order valence-electron chi connectivity index (χ3n) is 23.5. The molecule has 0 saturated heterocycles. The molecule has 4 rings (SSSR count). The number of hydrogen-bond acceptors (Lipinski definition) is 16. The zero-order chi connectivity index (χ0) is 102. The Bertz CT molecular complexity index is 3510. The van der Waals surface area contributed by atoms with E-state index in [-0.39, 0.29) is 47.3 Å². The molecule has 8 N–H and O–H groups in total. The molecule has 800 valence electrons. The van der Waals surface area contributed by atoms with Crippen molar-refractivity contribution in [2.75, 3.05) is 105 Å². The Morgan fingerprint density at radius 3 is 0.493 bits per heavy atom. The summed E-state index contributed by atoms with van der Waals surface area (Å²) in [6, 6.07) is 24.3. The summed E-state index contributed by atoms with van der Waals surface area (Å²) in [6.45, 7) is 36.2. The van der Waals surface area contributed by atoms with Gasteiger partial charge in [0.2, 0.25) is 47.3 Å². The van der Waals surface area contributed by atoms with Gasteiger partial charge in [-0.3, -0.25) is 38.4 Å². The highest BCUT2D eigenvalue weighted by Crippen LogP contribution is 2.30. The van der Waals surface area contributed by atoms with Crippen LogP contribution in [0.15, 0.2) is 72.8 Å². The summed E-state index contributed by atoms with van der Waals surface area (Å²) < 4.78 is 47.7. The fraction of sp³-hybridized carbons (Fsp3) is 0.724. The van der Waals surface area contributed by atoms with Crippen LogP contribution in [0.25, 0.3) is 0 Å². The van der Waals surface area contributed by atoms with E-state index in [9.17, 15) is 38.4 Å². The molecule has 0 spiro atoms. The van der Waals surface area contributed by atoms with Crippen molar-refractivity contribution in [1.82, 2.24) is 42.5 Å². The molecule has 0 unspecified atom stereocenters. The van der Waals surface area contributed by atoms with Crippen molar-refractivity contribution in [2.24, 2.45) is 0 Å². The minimum absolute atomic E-state index is 0.0182. The molecule has 0 aliphatic heterocycles. The normalized spacial score (nSPS) is 10.7. The topological polar surface area (TPSA) is 307 Å². The molecule has 0 fully saturated rings. The van der Waals surface area contributed by atoms with Gasteiger partial charge in [0.1, 0.15) is 46.0 Å². The van der Waals surface area contributed by atoms with Crippen LogP contribution in [0, 0.1) is 0 Å². The van der Waals surface area contributed by atoms with Gasteiger partial charge in [-0.25, -0.2) is 0 Å². The smallest absolute Gasteiger partial charge is 0.223 e. The number of carbonyl (C=O) groups is 8. The van der Waals surface area contributed by atoms with Gasteiger partial charge in [-0.1, -0.05) is 212 Å². The van der Waals surface area contributed by atoms with Crippen molar-refractivity contribution in [2.45, 2.75) is 443 Å².